The smallest absolute Gasteiger partial charge is 0.254 e. The van der Waals surface area contributed by atoms with Crippen LogP contribution in [0.3, 0.4) is 0 Å². The van der Waals surface area contributed by atoms with Gasteiger partial charge in [0.2, 0.25) is 0 Å². The highest BCUT2D eigenvalue weighted by Gasteiger charge is 2.38. The first kappa shape index (κ1) is 19.9. The van der Waals surface area contributed by atoms with Crippen molar-refractivity contribution >= 4 is 17.4 Å². The van der Waals surface area contributed by atoms with E-state index in [1.165, 1.54) is 12.1 Å². The summed E-state index contributed by atoms with van der Waals surface area (Å²) in [6.45, 7) is 1.82. The van der Waals surface area contributed by atoms with E-state index in [1.807, 2.05) is 31.2 Å². The predicted molar refractivity (Wildman–Crippen MR) is 112 cm³/mol. The van der Waals surface area contributed by atoms with Crippen molar-refractivity contribution in [3.63, 3.8) is 0 Å². The Morgan fingerprint density at radius 1 is 1.13 bits per heavy atom. The lowest BCUT2D eigenvalue weighted by atomic mass is 9.75. The molecule has 2 N–H and O–H groups in total. The van der Waals surface area contributed by atoms with Gasteiger partial charge in [-0.1, -0.05) is 24.3 Å². The van der Waals surface area contributed by atoms with Crippen molar-refractivity contribution in [3.05, 3.63) is 82.5 Å². The van der Waals surface area contributed by atoms with Gasteiger partial charge in [-0.25, -0.2) is 4.39 Å². The van der Waals surface area contributed by atoms with Crippen LogP contribution in [-0.4, -0.2) is 18.8 Å². The lowest BCUT2D eigenvalue weighted by Crippen LogP contribution is -2.35. The number of ether oxygens (including phenoxy) is 1. The Hall–Kier alpha value is -3.41. The number of para-hydroxylation sites is 1. The van der Waals surface area contributed by atoms with Crippen LogP contribution in [0.1, 0.15) is 37.7 Å². The van der Waals surface area contributed by atoms with Crippen LogP contribution < -0.4 is 15.4 Å². The number of dihydropyridines is 1. The molecule has 0 saturated carbocycles. The molecule has 30 heavy (non-hydrogen) atoms. The van der Waals surface area contributed by atoms with E-state index in [2.05, 4.69) is 10.6 Å². The number of methoxy groups -OCH3 is 1. The maximum atomic E-state index is 14.1. The summed E-state index contributed by atoms with van der Waals surface area (Å²) in [5, 5.41) is 5.93. The molecule has 5 nitrogen and oxygen atoms in total. The molecule has 1 amide bonds. The van der Waals surface area contributed by atoms with Gasteiger partial charge in [0.25, 0.3) is 5.91 Å². The molecule has 1 heterocycles. The van der Waals surface area contributed by atoms with Gasteiger partial charge in [-0.05, 0) is 49.6 Å². The number of benzene rings is 2. The highest BCUT2D eigenvalue weighted by Crippen LogP contribution is 2.42. The number of amides is 1. The summed E-state index contributed by atoms with van der Waals surface area (Å²) in [6.07, 6.45) is 1.99. The van der Waals surface area contributed by atoms with Gasteiger partial charge in [0.05, 0.1) is 12.8 Å². The molecule has 4 rings (SSSR count). The summed E-state index contributed by atoms with van der Waals surface area (Å²) in [5.74, 6) is -0.742. The van der Waals surface area contributed by atoms with E-state index in [0.717, 1.165) is 24.1 Å². The molecule has 0 saturated heterocycles. The van der Waals surface area contributed by atoms with Gasteiger partial charge in [0.1, 0.15) is 11.6 Å². The molecular weight excluding hydrogens is 383 g/mol. The summed E-state index contributed by atoms with van der Waals surface area (Å²) >= 11 is 0. The second-order valence-corrected chi connectivity index (χ2v) is 7.47. The molecular formula is C24H23FN2O3. The van der Waals surface area contributed by atoms with Crippen LogP contribution in [0.2, 0.25) is 0 Å². The Kier molecular flexibility index (Phi) is 5.40. The average Bonchev–Trinajstić information content (AvgIpc) is 2.74. The molecule has 0 bridgehead atoms. The Morgan fingerprint density at radius 2 is 1.87 bits per heavy atom. The summed E-state index contributed by atoms with van der Waals surface area (Å²) in [5.41, 5.74) is 3.49. The van der Waals surface area contributed by atoms with Gasteiger partial charge in [0.15, 0.2) is 5.78 Å². The molecule has 1 aliphatic heterocycles. The molecule has 154 valence electrons. The predicted octanol–water partition coefficient (Wildman–Crippen LogP) is 4.44. The monoisotopic (exact) mass is 406 g/mol. The molecule has 0 spiro atoms. The molecule has 1 aliphatic carbocycles. The molecule has 6 heteroatoms. The third-order valence-corrected chi connectivity index (χ3v) is 5.59. The van der Waals surface area contributed by atoms with Crippen molar-refractivity contribution in [1.82, 2.24) is 5.32 Å². The van der Waals surface area contributed by atoms with E-state index < -0.39 is 17.6 Å². The van der Waals surface area contributed by atoms with Crippen LogP contribution in [0.5, 0.6) is 5.75 Å². The zero-order valence-corrected chi connectivity index (χ0v) is 16.9. The lowest BCUT2D eigenvalue weighted by molar-refractivity contribution is -0.116. The van der Waals surface area contributed by atoms with Crippen molar-refractivity contribution < 1.29 is 18.7 Å². The number of allylic oxidation sites excluding steroid dienone is 3. The Morgan fingerprint density at radius 3 is 2.57 bits per heavy atom. The number of nitrogens with one attached hydrogen (secondary N) is 2. The van der Waals surface area contributed by atoms with Gasteiger partial charge in [-0.15, -0.1) is 0 Å². The number of ketones is 1. The standard InChI is InChI=1S/C24H23FN2O3/c1-14-21(24(29)27-18-7-4-3-6-17(18)25)22(15-10-12-16(30-2)13-11-15)23-19(26-14)8-5-9-20(23)28/h3-4,6-7,10-13,22,26H,5,8-9H2,1-2H3,(H,27,29)/t22-/m0/s1. The van der Waals surface area contributed by atoms with Crippen LogP contribution in [0.15, 0.2) is 71.1 Å². The molecule has 0 aromatic heterocycles. The third kappa shape index (κ3) is 3.61. The largest absolute Gasteiger partial charge is 0.497 e. The fourth-order valence-corrected chi connectivity index (χ4v) is 4.17. The molecule has 2 aliphatic rings. The number of Topliss-reactive ketones (excluding diaryl/α,β-unsaturated/α-hetero) is 1. The molecule has 0 fully saturated rings. The average molecular weight is 406 g/mol. The Bertz CT molecular complexity index is 1070. The van der Waals surface area contributed by atoms with E-state index in [1.54, 1.807) is 19.2 Å². The second-order valence-electron chi connectivity index (χ2n) is 7.47. The maximum absolute atomic E-state index is 14.1. The zero-order chi connectivity index (χ0) is 21.3. The van der Waals surface area contributed by atoms with Crippen molar-refractivity contribution in [2.75, 3.05) is 12.4 Å². The Labute approximate surface area is 174 Å². The van der Waals surface area contributed by atoms with Gasteiger partial charge in [-0.3, -0.25) is 9.59 Å². The normalized spacial score (nSPS) is 18.6. The zero-order valence-electron chi connectivity index (χ0n) is 16.9. The molecule has 2 aromatic carbocycles. The van der Waals surface area contributed by atoms with Crippen LogP contribution in [0.4, 0.5) is 10.1 Å². The SMILES string of the molecule is COc1ccc([C@H]2C(C(=O)Nc3ccccc3F)=C(C)NC3=C2C(=O)CCC3)cc1. The van der Waals surface area contributed by atoms with E-state index in [0.29, 0.717) is 29.0 Å². The summed E-state index contributed by atoms with van der Waals surface area (Å²) in [7, 11) is 1.59. The van der Waals surface area contributed by atoms with E-state index >= 15 is 0 Å². The first-order valence-corrected chi connectivity index (χ1v) is 9.93. The van der Waals surface area contributed by atoms with Crippen molar-refractivity contribution in [1.29, 1.82) is 0 Å². The minimum atomic E-state index is -0.522. The number of hydrogen-bond donors (Lipinski definition) is 2. The van der Waals surface area contributed by atoms with Crippen molar-refractivity contribution in [3.8, 4) is 5.75 Å². The first-order chi connectivity index (χ1) is 14.5. The van der Waals surface area contributed by atoms with E-state index in [-0.39, 0.29) is 11.5 Å². The van der Waals surface area contributed by atoms with Gasteiger partial charge in [0, 0.05) is 34.9 Å². The third-order valence-electron chi connectivity index (χ3n) is 5.59. The molecule has 0 unspecified atom stereocenters. The molecule has 0 radical (unpaired) electrons. The first-order valence-electron chi connectivity index (χ1n) is 9.93. The van der Waals surface area contributed by atoms with Crippen molar-refractivity contribution in [2.45, 2.75) is 32.1 Å². The van der Waals surface area contributed by atoms with Crippen molar-refractivity contribution in [2.24, 2.45) is 0 Å². The fourth-order valence-electron chi connectivity index (χ4n) is 4.17. The second kappa shape index (κ2) is 8.14. The number of carbonyl (C=O) groups is 2. The number of halogens is 1. The van der Waals surface area contributed by atoms with Crippen LogP contribution in [0, 0.1) is 5.82 Å². The number of anilines is 1. The molecule has 1 atom stereocenters. The summed E-state index contributed by atoms with van der Waals surface area (Å²) in [6, 6.07) is 13.4. The highest BCUT2D eigenvalue weighted by molar-refractivity contribution is 6.09. The highest BCUT2D eigenvalue weighted by atomic mass is 19.1. The van der Waals surface area contributed by atoms with Gasteiger partial charge >= 0.3 is 0 Å². The Balaban J connectivity index is 1.79. The van der Waals surface area contributed by atoms with E-state index in [4.69, 9.17) is 4.74 Å². The van der Waals surface area contributed by atoms with Crippen LogP contribution in [0.25, 0.3) is 0 Å². The summed E-state index contributed by atoms with van der Waals surface area (Å²) < 4.78 is 19.4. The number of hydrogen-bond acceptors (Lipinski definition) is 4. The number of rotatable bonds is 4. The lowest BCUT2D eigenvalue weighted by Gasteiger charge is -2.34. The van der Waals surface area contributed by atoms with E-state index in [9.17, 15) is 14.0 Å². The number of carbonyl (C=O) groups excluding carboxylic acids is 2. The van der Waals surface area contributed by atoms with Crippen LogP contribution >= 0.6 is 0 Å². The van der Waals surface area contributed by atoms with Gasteiger partial charge in [-0.2, -0.15) is 0 Å². The maximum Gasteiger partial charge on any atom is 0.254 e. The summed E-state index contributed by atoms with van der Waals surface area (Å²) in [4.78, 5) is 26.2. The minimum Gasteiger partial charge on any atom is -0.497 e. The fraction of sp³-hybridized carbons (Fsp3) is 0.250. The quantitative estimate of drug-likeness (QED) is 0.788. The molecule has 2 aromatic rings. The topological polar surface area (TPSA) is 67.4 Å². The minimum absolute atomic E-state index is 0.0354. The van der Waals surface area contributed by atoms with Crippen LogP contribution in [-0.2, 0) is 9.59 Å². The van der Waals surface area contributed by atoms with Gasteiger partial charge < -0.3 is 15.4 Å².